The first-order valence-corrected chi connectivity index (χ1v) is 20.1. The summed E-state index contributed by atoms with van der Waals surface area (Å²) in [6.07, 6.45) is 0.353. The Morgan fingerprint density at radius 1 is 1.18 bits per heavy atom. The number of hydrogen-bond donors (Lipinski definition) is 1. The van der Waals surface area contributed by atoms with Gasteiger partial charge in [0.2, 0.25) is 5.91 Å². The molecule has 5 atom stereocenters. The smallest absolute Gasteiger partial charge is 0.411 e. The number of likely N-dealkylation sites (N-methyl/N-ethyl adjacent to an activating group) is 1. The van der Waals surface area contributed by atoms with Crippen LogP contribution in [0.2, 0.25) is 5.02 Å². The van der Waals surface area contributed by atoms with E-state index in [-0.39, 0.29) is 116 Å². The molecule has 4 aromatic rings. The highest BCUT2D eigenvalue weighted by molar-refractivity contribution is 7.23. The lowest BCUT2D eigenvalue weighted by atomic mass is 9.95. The summed E-state index contributed by atoms with van der Waals surface area (Å²) in [5.74, 6) is -1.73. The van der Waals surface area contributed by atoms with Crippen LogP contribution in [-0.4, -0.2) is 119 Å². The van der Waals surface area contributed by atoms with Gasteiger partial charge in [-0.05, 0) is 51.8 Å². The van der Waals surface area contributed by atoms with Crippen molar-refractivity contribution in [1.29, 1.82) is 5.26 Å². The Hall–Kier alpha value is -4.79. The average Bonchev–Trinajstić information content (AvgIpc) is 3.34. The molecule has 5 aliphatic heterocycles. The molecule has 0 aliphatic carbocycles. The molecule has 2 aromatic carbocycles. The highest BCUT2D eigenvalue weighted by Gasteiger charge is 2.52. The molecule has 2 aromatic heterocycles. The molecule has 0 saturated carbocycles. The van der Waals surface area contributed by atoms with Crippen molar-refractivity contribution in [2.45, 2.75) is 69.4 Å². The van der Waals surface area contributed by atoms with E-state index in [0.717, 1.165) is 36.8 Å². The second-order valence-electron chi connectivity index (χ2n) is 16.6. The van der Waals surface area contributed by atoms with Crippen LogP contribution >= 0.6 is 22.9 Å². The molecule has 18 heteroatoms. The number of aromatic nitrogens is 2. The number of amides is 2. The van der Waals surface area contributed by atoms with Crippen LogP contribution in [0.15, 0.2) is 12.1 Å². The van der Waals surface area contributed by atoms with Gasteiger partial charge in [0.15, 0.2) is 11.6 Å². The zero-order chi connectivity index (χ0) is 40.3. The van der Waals surface area contributed by atoms with Gasteiger partial charge in [-0.3, -0.25) is 14.6 Å². The van der Waals surface area contributed by atoms with E-state index in [1.54, 1.807) is 32.7 Å². The molecule has 300 valence electrons. The highest BCUT2D eigenvalue weighted by Crippen LogP contribution is 2.51. The largest absolute Gasteiger partial charge is 0.491 e. The van der Waals surface area contributed by atoms with Crippen LogP contribution in [0, 0.1) is 28.9 Å². The fourth-order valence-electron chi connectivity index (χ4n) is 9.15. The predicted octanol–water partition coefficient (Wildman–Crippen LogP) is 6.13. The summed E-state index contributed by atoms with van der Waals surface area (Å²) in [6, 6.07) is 3.36. The van der Waals surface area contributed by atoms with Crippen LogP contribution in [0.25, 0.3) is 32.1 Å². The number of thiophene rings is 1. The number of hydrogen-bond acceptors (Lipinski definition) is 12. The van der Waals surface area contributed by atoms with Crippen molar-refractivity contribution in [3.63, 3.8) is 0 Å². The Labute approximate surface area is 335 Å². The number of nitrogens with two attached hydrogens (primary N) is 1. The minimum absolute atomic E-state index is 0.0154. The summed E-state index contributed by atoms with van der Waals surface area (Å²) in [5, 5.41) is 10.2. The molecule has 0 bridgehead atoms. The van der Waals surface area contributed by atoms with Crippen molar-refractivity contribution in [1.82, 2.24) is 24.7 Å². The van der Waals surface area contributed by atoms with E-state index >= 15 is 8.78 Å². The predicted molar refractivity (Wildman–Crippen MR) is 207 cm³/mol. The van der Waals surface area contributed by atoms with Crippen molar-refractivity contribution in [3.05, 3.63) is 34.4 Å². The maximum absolute atomic E-state index is 17.4. The molecule has 3 unspecified atom stereocenters. The van der Waals surface area contributed by atoms with Crippen molar-refractivity contribution in [2.24, 2.45) is 5.92 Å². The minimum atomic E-state index is -0.998. The molecule has 7 heterocycles. The fraction of sp³-hybridized carbons (Fsp3) is 0.513. The Balaban J connectivity index is 1.14. The number of carbonyl (C=O) groups excluding carboxylic acids is 2. The van der Waals surface area contributed by atoms with Gasteiger partial charge >= 0.3 is 12.1 Å². The number of alkyl halides is 1. The van der Waals surface area contributed by atoms with Crippen LogP contribution in [-0.2, 0) is 9.53 Å². The van der Waals surface area contributed by atoms with Gasteiger partial charge in [0.05, 0.1) is 45.4 Å². The Morgan fingerprint density at radius 3 is 2.72 bits per heavy atom. The van der Waals surface area contributed by atoms with Crippen molar-refractivity contribution in [2.75, 3.05) is 63.6 Å². The lowest BCUT2D eigenvalue weighted by Crippen LogP contribution is -2.44. The van der Waals surface area contributed by atoms with Gasteiger partial charge in [-0.25, -0.2) is 18.0 Å². The Kier molecular flexibility index (Phi) is 8.87. The first-order chi connectivity index (χ1) is 27.1. The zero-order valence-corrected chi connectivity index (χ0v) is 33.3. The number of anilines is 2. The number of likely N-dealkylation sites (tertiary alicyclic amines) is 1. The van der Waals surface area contributed by atoms with Crippen molar-refractivity contribution < 1.29 is 37.0 Å². The van der Waals surface area contributed by atoms with Crippen LogP contribution in [0.4, 0.5) is 28.8 Å². The molecule has 57 heavy (non-hydrogen) atoms. The summed E-state index contributed by atoms with van der Waals surface area (Å²) < 4.78 is 65.6. The number of nitriles is 1. The maximum atomic E-state index is 17.4. The molecule has 2 N–H and O–H groups in total. The average molecular weight is 825 g/mol. The van der Waals surface area contributed by atoms with Gasteiger partial charge in [-0.2, -0.15) is 15.2 Å². The third-order valence-corrected chi connectivity index (χ3v) is 13.3. The van der Waals surface area contributed by atoms with Crippen LogP contribution in [0.1, 0.15) is 45.6 Å². The highest BCUT2D eigenvalue weighted by atomic mass is 35.5. The Morgan fingerprint density at radius 2 is 1.96 bits per heavy atom. The monoisotopic (exact) mass is 824 g/mol. The minimum Gasteiger partial charge on any atom is -0.491 e. The molecule has 5 aliphatic rings. The number of nitrogens with zero attached hydrogens (tertiary/aromatic N) is 7. The van der Waals surface area contributed by atoms with Crippen LogP contribution in [0.3, 0.4) is 0 Å². The topological polar surface area (TPSA) is 150 Å². The molecular weight excluding hydrogens is 785 g/mol. The zero-order valence-electron chi connectivity index (χ0n) is 31.7. The summed E-state index contributed by atoms with van der Waals surface area (Å²) in [7, 11) is 1.79. The molecule has 2 amide bonds. The SMILES string of the molecule is CN1c2nc(OC[C@@]34CCCN3C[C@H](F)C4)nc3c(F)c(-c4ccc(F)c5sc(N)c(C#N)c45)c(Cl)c(c23)OCC2CN(C(=O)C3CN3C(=O)OC(C)(C)C)CC21. The van der Waals surface area contributed by atoms with E-state index in [9.17, 15) is 19.2 Å². The lowest BCUT2D eigenvalue weighted by Gasteiger charge is -2.34. The number of fused-ring (bicyclic) bond motifs is 3. The number of benzene rings is 2. The maximum Gasteiger partial charge on any atom is 0.411 e. The van der Waals surface area contributed by atoms with E-state index in [4.69, 9.17) is 36.5 Å². The second kappa shape index (κ2) is 13.4. The van der Waals surface area contributed by atoms with Crippen molar-refractivity contribution >= 4 is 66.7 Å². The summed E-state index contributed by atoms with van der Waals surface area (Å²) in [6.45, 7) is 7.26. The standard InChI is InChI=1S/C39H40ClF3N8O5S/c1-38(2,3)56-37(53)51-15-24(51)35(52)49-12-18-16-54-31-27-30(29(43)26(28(31)40)20-6-7-22(42)32-25(20)21(11-44)33(45)57-32)46-36(47-34(27)48(4)23(18)14-49)55-17-39-8-5-9-50(39)13-19(41)10-39/h6-7,18-19,23-24H,5,8-10,12-17,45H2,1-4H3/t18?,19-,23?,24?,39+,51?/m1/s1. The number of carbonyl (C=O) groups is 2. The fourth-order valence-corrected chi connectivity index (χ4v) is 10.4. The summed E-state index contributed by atoms with van der Waals surface area (Å²) in [5.41, 5.74) is 4.61. The second-order valence-corrected chi connectivity index (χ2v) is 18.1. The van der Waals surface area contributed by atoms with Gasteiger partial charge in [0.1, 0.15) is 52.6 Å². The Bertz CT molecular complexity index is 2420. The quantitative estimate of drug-likeness (QED) is 0.232. The van der Waals surface area contributed by atoms with E-state index in [1.807, 2.05) is 11.0 Å². The summed E-state index contributed by atoms with van der Waals surface area (Å²) >= 11 is 8.02. The van der Waals surface area contributed by atoms with E-state index < -0.39 is 41.1 Å². The van der Waals surface area contributed by atoms with E-state index in [1.165, 1.54) is 11.0 Å². The molecular formula is C39H40ClF3N8O5S. The summed E-state index contributed by atoms with van der Waals surface area (Å²) in [4.78, 5) is 42.9. The number of nitrogen functional groups attached to an aromatic ring is 1. The van der Waals surface area contributed by atoms with Gasteiger partial charge in [0.25, 0.3) is 0 Å². The first-order valence-electron chi connectivity index (χ1n) is 18.9. The number of halogens is 4. The lowest BCUT2D eigenvalue weighted by molar-refractivity contribution is -0.130. The van der Waals surface area contributed by atoms with Crippen LogP contribution < -0.4 is 20.1 Å². The van der Waals surface area contributed by atoms with Gasteiger partial charge in [-0.1, -0.05) is 17.7 Å². The number of rotatable bonds is 5. The molecule has 0 radical (unpaired) electrons. The van der Waals surface area contributed by atoms with Crippen LogP contribution in [0.5, 0.6) is 11.8 Å². The molecule has 4 saturated heterocycles. The molecule has 0 spiro atoms. The molecule has 13 nitrogen and oxygen atoms in total. The normalized spacial score (nSPS) is 25.6. The molecule has 9 rings (SSSR count). The first kappa shape index (κ1) is 37.8. The van der Waals surface area contributed by atoms with E-state index in [2.05, 4.69) is 9.88 Å². The third-order valence-electron chi connectivity index (χ3n) is 11.9. The third kappa shape index (κ3) is 6.13. The number of ether oxygens (including phenoxy) is 3. The van der Waals surface area contributed by atoms with E-state index in [0.29, 0.717) is 13.0 Å². The van der Waals surface area contributed by atoms with Gasteiger partial charge in [0, 0.05) is 50.0 Å². The molecule has 4 fully saturated rings. The van der Waals surface area contributed by atoms with Gasteiger partial charge < -0.3 is 29.7 Å². The van der Waals surface area contributed by atoms with Gasteiger partial charge in [-0.15, -0.1) is 11.3 Å². The van der Waals surface area contributed by atoms with Crippen molar-refractivity contribution in [3.8, 4) is 29.0 Å².